The lowest BCUT2D eigenvalue weighted by Gasteiger charge is -2.30. The van der Waals surface area contributed by atoms with E-state index in [4.69, 9.17) is 10.5 Å². The van der Waals surface area contributed by atoms with Crippen molar-refractivity contribution >= 4 is 0 Å². The van der Waals surface area contributed by atoms with E-state index in [0.717, 1.165) is 26.2 Å². The molecule has 1 unspecified atom stereocenters. The molecule has 1 atom stereocenters. The van der Waals surface area contributed by atoms with Gasteiger partial charge in [-0.2, -0.15) is 0 Å². The fraction of sp³-hybridized carbons (Fsp3) is 1.00. The van der Waals surface area contributed by atoms with Crippen LogP contribution in [0.1, 0.15) is 32.1 Å². The van der Waals surface area contributed by atoms with Gasteiger partial charge in [0.2, 0.25) is 0 Å². The van der Waals surface area contributed by atoms with E-state index in [1.54, 1.807) is 0 Å². The Labute approximate surface area is 86.6 Å². The third-order valence-electron chi connectivity index (χ3n) is 3.37. The second-order valence-electron chi connectivity index (χ2n) is 4.86. The number of rotatable bonds is 2. The van der Waals surface area contributed by atoms with Crippen molar-refractivity contribution in [2.45, 2.75) is 37.6 Å². The molecule has 3 nitrogen and oxygen atoms in total. The van der Waals surface area contributed by atoms with E-state index in [1.807, 2.05) is 0 Å². The Morgan fingerprint density at radius 1 is 1.14 bits per heavy atom. The number of hydrogen-bond acceptors (Lipinski definition) is 3. The van der Waals surface area contributed by atoms with Gasteiger partial charge in [0.1, 0.15) is 0 Å². The Bertz CT molecular complexity index is 170. The zero-order valence-corrected chi connectivity index (χ0v) is 9.00. The molecule has 0 amide bonds. The van der Waals surface area contributed by atoms with Crippen molar-refractivity contribution in [1.82, 2.24) is 4.90 Å². The Kier molecular flexibility index (Phi) is 3.42. The van der Waals surface area contributed by atoms with E-state index in [0.29, 0.717) is 0 Å². The second kappa shape index (κ2) is 4.60. The van der Waals surface area contributed by atoms with E-state index in [1.165, 1.54) is 38.8 Å². The molecule has 82 valence electrons. The van der Waals surface area contributed by atoms with Crippen LogP contribution in [-0.4, -0.2) is 43.3 Å². The second-order valence-corrected chi connectivity index (χ2v) is 4.86. The van der Waals surface area contributed by atoms with Crippen LogP contribution in [0.2, 0.25) is 0 Å². The fourth-order valence-corrected chi connectivity index (χ4v) is 2.49. The first-order valence-electron chi connectivity index (χ1n) is 5.88. The monoisotopic (exact) mass is 198 g/mol. The predicted octanol–water partition coefficient (Wildman–Crippen LogP) is 0.980. The minimum atomic E-state index is -0.0513. The zero-order valence-electron chi connectivity index (χ0n) is 9.00. The molecule has 2 heterocycles. The quantitative estimate of drug-likeness (QED) is 0.719. The Morgan fingerprint density at radius 3 is 2.43 bits per heavy atom. The summed E-state index contributed by atoms with van der Waals surface area (Å²) in [6.07, 6.45) is 6.51. The van der Waals surface area contributed by atoms with Crippen molar-refractivity contribution in [3.8, 4) is 0 Å². The molecule has 3 heteroatoms. The van der Waals surface area contributed by atoms with Crippen LogP contribution in [0.3, 0.4) is 0 Å². The molecule has 2 N–H and O–H groups in total. The van der Waals surface area contributed by atoms with E-state index < -0.39 is 0 Å². The average Bonchev–Trinajstić information content (AvgIpc) is 2.43. The Hall–Kier alpha value is -0.120. The molecule has 2 aliphatic heterocycles. The van der Waals surface area contributed by atoms with Crippen molar-refractivity contribution in [3.63, 3.8) is 0 Å². The summed E-state index contributed by atoms with van der Waals surface area (Å²) in [5.41, 5.74) is 6.22. The molecular formula is C11H22N2O. The predicted molar refractivity (Wildman–Crippen MR) is 57.3 cm³/mol. The molecular weight excluding hydrogens is 176 g/mol. The van der Waals surface area contributed by atoms with Crippen LogP contribution in [0, 0.1) is 0 Å². The number of nitrogens with zero attached hydrogens (tertiary/aromatic N) is 1. The highest BCUT2D eigenvalue weighted by Gasteiger charge is 2.32. The highest BCUT2D eigenvalue weighted by Crippen LogP contribution is 2.19. The lowest BCUT2D eigenvalue weighted by atomic mass is 9.99. The van der Waals surface area contributed by atoms with Gasteiger partial charge in [-0.25, -0.2) is 0 Å². The van der Waals surface area contributed by atoms with Crippen LogP contribution in [0.4, 0.5) is 0 Å². The number of nitrogens with two attached hydrogens (primary N) is 1. The van der Waals surface area contributed by atoms with Gasteiger partial charge < -0.3 is 15.4 Å². The molecule has 0 aromatic heterocycles. The van der Waals surface area contributed by atoms with Crippen LogP contribution in [0.5, 0.6) is 0 Å². The molecule has 0 saturated carbocycles. The lowest BCUT2D eigenvalue weighted by Crippen LogP contribution is -2.51. The highest BCUT2D eigenvalue weighted by molar-refractivity contribution is 4.91. The first-order valence-corrected chi connectivity index (χ1v) is 5.88. The Balaban J connectivity index is 1.82. The van der Waals surface area contributed by atoms with Gasteiger partial charge in [-0.1, -0.05) is 12.8 Å². The average molecular weight is 198 g/mol. The van der Waals surface area contributed by atoms with E-state index in [9.17, 15) is 0 Å². The van der Waals surface area contributed by atoms with Crippen LogP contribution < -0.4 is 5.73 Å². The third-order valence-corrected chi connectivity index (χ3v) is 3.37. The smallest absolute Gasteiger partial charge is 0.0659 e. The molecule has 2 rings (SSSR count). The van der Waals surface area contributed by atoms with Crippen LogP contribution >= 0.6 is 0 Å². The summed E-state index contributed by atoms with van der Waals surface area (Å²) >= 11 is 0. The zero-order chi connectivity index (χ0) is 9.86. The van der Waals surface area contributed by atoms with Crippen molar-refractivity contribution in [2.75, 3.05) is 32.8 Å². The third kappa shape index (κ3) is 2.69. The van der Waals surface area contributed by atoms with Crippen molar-refractivity contribution in [2.24, 2.45) is 5.73 Å². The summed E-state index contributed by atoms with van der Waals surface area (Å²) in [6.45, 7) is 5.11. The van der Waals surface area contributed by atoms with Gasteiger partial charge in [-0.15, -0.1) is 0 Å². The molecule has 0 aromatic carbocycles. The molecule has 0 aliphatic carbocycles. The van der Waals surface area contributed by atoms with Crippen molar-refractivity contribution in [1.29, 1.82) is 0 Å². The number of ether oxygens (including phenoxy) is 1. The van der Waals surface area contributed by atoms with Gasteiger partial charge in [0.25, 0.3) is 0 Å². The molecule has 14 heavy (non-hydrogen) atoms. The normalized spacial score (nSPS) is 35.8. The summed E-state index contributed by atoms with van der Waals surface area (Å²) in [5, 5.41) is 0. The van der Waals surface area contributed by atoms with E-state index in [2.05, 4.69) is 4.90 Å². The molecule has 2 aliphatic rings. The molecule has 0 radical (unpaired) electrons. The van der Waals surface area contributed by atoms with Gasteiger partial charge >= 0.3 is 0 Å². The van der Waals surface area contributed by atoms with E-state index in [-0.39, 0.29) is 5.54 Å². The summed E-state index contributed by atoms with van der Waals surface area (Å²) in [4.78, 5) is 2.53. The van der Waals surface area contributed by atoms with Gasteiger partial charge in [0.05, 0.1) is 12.1 Å². The molecule has 2 fully saturated rings. The summed E-state index contributed by atoms with van der Waals surface area (Å²) in [5.74, 6) is 0. The maximum absolute atomic E-state index is 6.27. The first kappa shape index (κ1) is 10.4. The lowest BCUT2D eigenvalue weighted by molar-refractivity contribution is 0.154. The SMILES string of the molecule is NC1(CN2CCCCCC2)CCOC1. The fourth-order valence-electron chi connectivity index (χ4n) is 2.49. The van der Waals surface area contributed by atoms with Crippen LogP contribution in [0.25, 0.3) is 0 Å². The topological polar surface area (TPSA) is 38.5 Å². The van der Waals surface area contributed by atoms with Crippen LogP contribution in [-0.2, 0) is 4.74 Å². The minimum absolute atomic E-state index is 0.0513. The summed E-state index contributed by atoms with van der Waals surface area (Å²) in [6, 6.07) is 0. The first-order chi connectivity index (χ1) is 6.79. The number of hydrogen-bond donors (Lipinski definition) is 1. The molecule has 0 aromatic rings. The highest BCUT2D eigenvalue weighted by atomic mass is 16.5. The van der Waals surface area contributed by atoms with Crippen LogP contribution in [0.15, 0.2) is 0 Å². The largest absolute Gasteiger partial charge is 0.379 e. The van der Waals surface area contributed by atoms with Crippen molar-refractivity contribution in [3.05, 3.63) is 0 Å². The van der Waals surface area contributed by atoms with Crippen molar-refractivity contribution < 1.29 is 4.74 Å². The molecule has 0 spiro atoms. The number of likely N-dealkylation sites (tertiary alicyclic amines) is 1. The summed E-state index contributed by atoms with van der Waals surface area (Å²) in [7, 11) is 0. The minimum Gasteiger partial charge on any atom is -0.379 e. The Morgan fingerprint density at radius 2 is 1.86 bits per heavy atom. The van der Waals surface area contributed by atoms with Gasteiger partial charge in [0, 0.05) is 13.2 Å². The molecule has 2 saturated heterocycles. The van der Waals surface area contributed by atoms with E-state index >= 15 is 0 Å². The maximum Gasteiger partial charge on any atom is 0.0659 e. The summed E-state index contributed by atoms with van der Waals surface area (Å²) < 4.78 is 5.38. The van der Waals surface area contributed by atoms with Gasteiger partial charge in [0.15, 0.2) is 0 Å². The van der Waals surface area contributed by atoms with Gasteiger partial charge in [-0.05, 0) is 32.4 Å². The maximum atomic E-state index is 6.27. The van der Waals surface area contributed by atoms with Gasteiger partial charge in [-0.3, -0.25) is 0 Å². The molecule has 0 bridgehead atoms. The standard InChI is InChI=1S/C11H22N2O/c12-11(5-8-14-10-11)9-13-6-3-1-2-4-7-13/h1-10,12H2.